The highest BCUT2D eigenvalue weighted by atomic mass is 15.3. The van der Waals surface area contributed by atoms with Gasteiger partial charge in [0.1, 0.15) is 11.6 Å². The molecular formula is C14H26N4. The maximum Gasteiger partial charge on any atom is 0.149 e. The number of nitrogens with zero attached hydrogens (tertiary/aromatic N) is 3. The Labute approximate surface area is 110 Å². The normalized spacial score (nSPS) is 16.2. The van der Waals surface area contributed by atoms with E-state index in [0.717, 1.165) is 18.8 Å². The van der Waals surface area contributed by atoms with Gasteiger partial charge < -0.3 is 9.88 Å². The molecule has 1 N–H and O–H groups in total. The Balaban J connectivity index is 1.99. The average molecular weight is 250 g/mol. The van der Waals surface area contributed by atoms with Gasteiger partial charge in [0, 0.05) is 19.0 Å². The van der Waals surface area contributed by atoms with Crippen LogP contribution in [-0.2, 0) is 13.0 Å². The molecule has 0 saturated heterocycles. The average Bonchev–Trinajstić information content (AvgIpc) is 2.90. The number of fused-ring (bicyclic) bond motifs is 1. The summed E-state index contributed by atoms with van der Waals surface area (Å²) in [6, 6.07) is 0.928. The van der Waals surface area contributed by atoms with Gasteiger partial charge >= 0.3 is 0 Å². The van der Waals surface area contributed by atoms with Crippen LogP contribution in [0.2, 0.25) is 0 Å². The number of rotatable bonds is 7. The summed E-state index contributed by atoms with van der Waals surface area (Å²) in [7, 11) is 0. The molecule has 102 valence electrons. The van der Waals surface area contributed by atoms with Crippen molar-refractivity contribution in [3.05, 3.63) is 11.6 Å². The maximum absolute atomic E-state index is 4.36. The lowest BCUT2D eigenvalue weighted by atomic mass is 10.1. The van der Waals surface area contributed by atoms with E-state index in [1.165, 1.54) is 37.9 Å². The number of aromatic nitrogens is 3. The van der Waals surface area contributed by atoms with Gasteiger partial charge in [0.15, 0.2) is 0 Å². The highest BCUT2D eigenvalue weighted by Gasteiger charge is 2.22. The summed E-state index contributed by atoms with van der Waals surface area (Å²) in [5, 5.41) is 12.4. The van der Waals surface area contributed by atoms with Gasteiger partial charge in [-0.05, 0) is 26.2 Å². The SMILES string of the molecule is CCCC(CCC)NC(C)c1nnc2n1CCC2. The molecule has 0 spiro atoms. The minimum Gasteiger partial charge on any atom is -0.314 e. The van der Waals surface area contributed by atoms with Crippen molar-refractivity contribution < 1.29 is 0 Å². The maximum atomic E-state index is 4.36. The summed E-state index contributed by atoms with van der Waals surface area (Å²) in [6.45, 7) is 7.82. The third kappa shape index (κ3) is 2.91. The van der Waals surface area contributed by atoms with Crippen LogP contribution < -0.4 is 5.32 Å². The minimum absolute atomic E-state index is 0.312. The first-order valence-electron chi connectivity index (χ1n) is 7.44. The van der Waals surface area contributed by atoms with E-state index in [1.807, 2.05) is 0 Å². The molecule has 2 heterocycles. The minimum atomic E-state index is 0.312. The molecule has 0 fully saturated rings. The molecule has 0 amide bonds. The molecular weight excluding hydrogens is 224 g/mol. The highest BCUT2D eigenvalue weighted by molar-refractivity contribution is 5.04. The van der Waals surface area contributed by atoms with Crippen molar-refractivity contribution in [3.8, 4) is 0 Å². The molecule has 1 atom stereocenters. The summed E-state index contributed by atoms with van der Waals surface area (Å²) < 4.78 is 2.30. The van der Waals surface area contributed by atoms with Gasteiger partial charge in [-0.25, -0.2) is 0 Å². The van der Waals surface area contributed by atoms with Crippen LogP contribution in [0.25, 0.3) is 0 Å². The third-order valence-electron chi connectivity index (χ3n) is 3.79. The Kier molecular flexibility index (Phi) is 4.75. The lowest BCUT2D eigenvalue weighted by Crippen LogP contribution is -2.32. The molecule has 1 aliphatic rings. The van der Waals surface area contributed by atoms with E-state index in [-0.39, 0.29) is 0 Å². The van der Waals surface area contributed by atoms with Crippen LogP contribution in [0.3, 0.4) is 0 Å². The van der Waals surface area contributed by atoms with Crippen LogP contribution in [0, 0.1) is 0 Å². The molecule has 18 heavy (non-hydrogen) atoms. The van der Waals surface area contributed by atoms with Gasteiger partial charge in [0.2, 0.25) is 0 Å². The van der Waals surface area contributed by atoms with Gasteiger partial charge in [-0.1, -0.05) is 26.7 Å². The second kappa shape index (κ2) is 6.32. The summed E-state index contributed by atoms with van der Waals surface area (Å²) in [5.41, 5.74) is 0. The molecule has 0 aliphatic carbocycles. The lowest BCUT2D eigenvalue weighted by molar-refractivity contribution is 0.386. The fourth-order valence-corrected chi connectivity index (χ4v) is 2.93. The summed E-state index contributed by atoms with van der Waals surface area (Å²) in [6.07, 6.45) is 7.29. The van der Waals surface area contributed by atoms with Gasteiger partial charge in [0.25, 0.3) is 0 Å². The largest absolute Gasteiger partial charge is 0.314 e. The fourth-order valence-electron chi connectivity index (χ4n) is 2.93. The molecule has 0 saturated carbocycles. The number of nitrogens with one attached hydrogen (secondary N) is 1. The van der Waals surface area contributed by atoms with Crippen molar-refractivity contribution >= 4 is 0 Å². The van der Waals surface area contributed by atoms with Gasteiger partial charge in [-0.15, -0.1) is 10.2 Å². The van der Waals surface area contributed by atoms with Crippen LogP contribution in [0.1, 0.15) is 70.6 Å². The summed E-state index contributed by atoms with van der Waals surface area (Å²) in [4.78, 5) is 0. The van der Waals surface area contributed by atoms with E-state index < -0.39 is 0 Å². The van der Waals surface area contributed by atoms with Crippen molar-refractivity contribution in [1.82, 2.24) is 20.1 Å². The zero-order valence-corrected chi connectivity index (χ0v) is 11.9. The third-order valence-corrected chi connectivity index (χ3v) is 3.79. The smallest absolute Gasteiger partial charge is 0.149 e. The summed E-state index contributed by atoms with van der Waals surface area (Å²) >= 11 is 0. The van der Waals surface area contributed by atoms with Crippen LogP contribution in [0.15, 0.2) is 0 Å². The van der Waals surface area contributed by atoms with Gasteiger partial charge in [-0.3, -0.25) is 0 Å². The predicted molar refractivity (Wildman–Crippen MR) is 73.5 cm³/mol. The van der Waals surface area contributed by atoms with E-state index >= 15 is 0 Å². The van der Waals surface area contributed by atoms with Crippen molar-refractivity contribution in [2.45, 2.75) is 77.9 Å². The van der Waals surface area contributed by atoms with Crippen molar-refractivity contribution in [3.63, 3.8) is 0 Å². The lowest BCUT2D eigenvalue weighted by Gasteiger charge is -2.22. The second-order valence-electron chi connectivity index (χ2n) is 5.39. The molecule has 0 aromatic carbocycles. The van der Waals surface area contributed by atoms with E-state index in [0.29, 0.717) is 12.1 Å². The molecule has 4 nitrogen and oxygen atoms in total. The topological polar surface area (TPSA) is 42.7 Å². The zero-order chi connectivity index (χ0) is 13.0. The standard InChI is InChI=1S/C14H26N4/c1-4-7-12(8-5-2)15-11(3)14-17-16-13-9-6-10-18(13)14/h11-12,15H,4-10H2,1-3H3. The van der Waals surface area contributed by atoms with Crippen LogP contribution in [-0.4, -0.2) is 20.8 Å². The molecule has 0 bridgehead atoms. The number of hydrogen-bond acceptors (Lipinski definition) is 3. The Bertz CT molecular complexity index is 366. The molecule has 1 aromatic rings. The molecule has 4 heteroatoms. The monoisotopic (exact) mass is 250 g/mol. The first kappa shape index (κ1) is 13.5. The zero-order valence-electron chi connectivity index (χ0n) is 11.9. The predicted octanol–water partition coefficient (Wildman–Crippen LogP) is 2.84. The molecule has 2 rings (SSSR count). The van der Waals surface area contributed by atoms with Crippen LogP contribution in [0.5, 0.6) is 0 Å². The van der Waals surface area contributed by atoms with Crippen molar-refractivity contribution in [2.75, 3.05) is 0 Å². The van der Waals surface area contributed by atoms with E-state index in [2.05, 4.69) is 40.9 Å². The number of aryl methyl sites for hydroxylation is 1. The fraction of sp³-hybridized carbons (Fsp3) is 0.857. The first-order chi connectivity index (χ1) is 8.76. The molecule has 1 unspecified atom stereocenters. The quantitative estimate of drug-likeness (QED) is 0.809. The van der Waals surface area contributed by atoms with Gasteiger partial charge in [0.05, 0.1) is 6.04 Å². The number of hydrogen-bond donors (Lipinski definition) is 1. The summed E-state index contributed by atoms with van der Waals surface area (Å²) in [5.74, 6) is 2.29. The Morgan fingerprint density at radius 2 is 1.94 bits per heavy atom. The van der Waals surface area contributed by atoms with Gasteiger partial charge in [-0.2, -0.15) is 0 Å². The Morgan fingerprint density at radius 3 is 2.61 bits per heavy atom. The van der Waals surface area contributed by atoms with Crippen LogP contribution in [0.4, 0.5) is 0 Å². The highest BCUT2D eigenvalue weighted by Crippen LogP contribution is 2.20. The molecule has 1 aromatic heterocycles. The van der Waals surface area contributed by atoms with Crippen molar-refractivity contribution in [2.24, 2.45) is 0 Å². The van der Waals surface area contributed by atoms with E-state index in [4.69, 9.17) is 0 Å². The Morgan fingerprint density at radius 1 is 1.22 bits per heavy atom. The molecule has 1 aliphatic heterocycles. The second-order valence-corrected chi connectivity index (χ2v) is 5.39. The Hall–Kier alpha value is -0.900. The van der Waals surface area contributed by atoms with Crippen LogP contribution >= 0.6 is 0 Å². The van der Waals surface area contributed by atoms with Crippen molar-refractivity contribution in [1.29, 1.82) is 0 Å². The first-order valence-corrected chi connectivity index (χ1v) is 7.44. The van der Waals surface area contributed by atoms with E-state index in [1.54, 1.807) is 0 Å². The molecule has 0 radical (unpaired) electrons. The van der Waals surface area contributed by atoms with E-state index in [9.17, 15) is 0 Å².